The van der Waals surface area contributed by atoms with Crippen molar-refractivity contribution in [2.24, 2.45) is 34.5 Å². The molecule has 0 saturated heterocycles. The SMILES string of the molecule is C[C@]12CCCCC1CC(O)[C@@H]1[C@H]2CC[C@]2(C)C(O)C(Br)C[C@@H]12. The Labute approximate surface area is 143 Å². The third-order valence-electron chi connectivity index (χ3n) is 8.54. The highest BCUT2D eigenvalue weighted by atomic mass is 79.9. The number of rotatable bonds is 0. The fourth-order valence-electron chi connectivity index (χ4n) is 7.20. The quantitative estimate of drug-likeness (QED) is 0.629. The van der Waals surface area contributed by atoms with Crippen molar-refractivity contribution in [1.29, 1.82) is 0 Å². The zero-order chi connectivity index (χ0) is 15.7. The summed E-state index contributed by atoms with van der Waals surface area (Å²) in [5.41, 5.74) is 0.451. The molecule has 126 valence electrons. The van der Waals surface area contributed by atoms with E-state index in [2.05, 4.69) is 29.8 Å². The summed E-state index contributed by atoms with van der Waals surface area (Å²) >= 11 is 3.72. The van der Waals surface area contributed by atoms with Crippen molar-refractivity contribution in [3.63, 3.8) is 0 Å². The second-order valence-electron chi connectivity index (χ2n) is 9.28. The first-order valence-electron chi connectivity index (χ1n) is 9.38. The fourth-order valence-corrected chi connectivity index (χ4v) is 8.21. The highest BCUT2D eigenvalue weighted by molar-refractivity contribution is 9.09. The molecule has 0 aromatic heterocycles. The molecule has 0 amide bonds. The van der Waals surface area contributed by atoms with E-state index < -0.39 is 0 Å². The topological polar surface area (TPSA) is 40.5 Å². The first-order valence-corrected chi connectivity index (χ1v) is 10.3. The molecule has 0 spiro atoms. The van der Waals surface area contributed by atoms with Crippen molar-refractivity contribution in [2.75, 3.05) is 0 Å². The summed E-state index contributed by atoms with van der Waals surface area (Å²) < 4.78 is 0. The molecule has 4 saturated carbocycles. The summed E-state index contributed by atoms with van der Waals surface area (Å²) in [6.07, 6.45) is 9.40. The van der Waals surface area contributed by atoms with Gasteiger partial charge in [-0.15, -0.1) is 0 Å². The van der Waals surface area contributed by atoms with E-state index in [9.17, 15) is 10.2 Å². The average molecular weight is 371 g/mol. The molecule has 4 fully saturated rings. The van der Waals surface area contributed by atoms with Gasteiger partial charge in [0.05, 0.1) is 12.2 Å². The van der Waals surface area contributed by atoms with Crippen molar-refractivity contribution >= 4 is 15.9 Å². The van der Waals surface area contributed by atoms with E-state index in [1.807, 2.05) is 0 Å². The molecule has 2 N–H and O–H groups in total. The van der Waals surface area contributed by atoms with Gasteiger partial charge in [0.15, 0.2) is 0 Å². The van der Waals surface area contributed by atoms with Crippen LogP contribution in [0.15, 0.2) is 0 Å². The van der Waals surface area contributed by atoms with Crippen LogP contribution in [0.4, 0.5) is 0 Å². The molecule has 4 aliphatic carbocycles. The van der Waals surface area contributed by atoms with E-state index in [4.69, 9.17) is 0 Å². The number of aliphatic hydroxyl groups is 2. The molecule has 0 aromatic rings. The molecule has 4 aliphatic rings. The van der Waals surface area contributed by atoms with Crippen LogP contribution >= 0.6 is 15.9 Å². The molecule has 0 bridgehead atoms. The van der Waals surface area contributed by atoms with Crippen LogP contribution in [0.1, 0.15) is 65.2 Å². The van der Waals surface area contributed by atoms with Crippen LogP contribution in [0.2, 0.25) is 0 Å². The molecule has 22 heavy (non-hydrogen) atoms. The van der Waals surface area contributed by atoms with Gasteiger partial charge in [-0.1, -0.05) is 42.6 Å². The van der Waals surface area contributed by atoms with Gasteiger partial charge < -0.3 is 10.2 Å². The second kappa shape index (κ2) is 5.20. The fraction of sp³-hybridized carbons (Fsp3) is 1.00. The Morgan fingerprint density at radius 3 is 2.45 bits per heavy atom. The van der Waals surface area contributed by atoms with Crippen LogP contribution in [-0.4, -0.2) is 27.2 Å². The van der Waals surface area contributed by atoms with Crippen LogP contribution in [0.5, 0.6) is 0 Å². The van der Waals surface area contributed by atoms with Crippen molar-refractivity contribution < 1.29 is 10.2 Å². The summed E-state index contributed by atoms with van der Waals surface area (Å²) in [5, 5.41) is 21.7. The summed E-state index contributed by atoms with van der Waals surface area (Å²) in [4.78, 5) is 0.213. The molecule has 0 aromatic carbocycles. The largest absolute Gasteiger partial charge is 0.393 e. The lowest BCUT2D eigenvalue weighted by atomic mass is 9.44. The second-order valence-corrected chi connectivity index (χ2v) is 10.5. The molecular weight excluding hydrogens is 340 g/mol. The summed E-state index contributed by atoms with van der Waals surface area (Å²) in [6.45, 7) is 4.81. The van der Waals surface area contributed by atoms with Crippen molar-refractivity contribution in [2.45, 2.75) is 82.2 Å². The molecule has 3 heteroatoms. The van der Waals surface area contributed by atoms with E-state index in [1.54, 1.807) is 0 Å². The molecule has 4 rings (SSSR count). The average Bonchev–Trinajstić information content (AvgIpc) is 2.71. The van der Waals surface area contributed by atoms with Gasteiger partial charge in [0, 0.05) is 4.83 Å². The summed E-state index contributed by atoms with van der Waals surface area (Å²) in [5.74, 6) is 2.30. The Kier molecular flexibility index (Phi) is 3.76. The number of fused-ring (bicyclic) bond motifs is 5. The number of hydrogen-bond acceptors (Lipinski definition) is 2. The molecule has 0 heterocycles. The van der Waals surface area contributed by atoms with Crippen LogP contribution in [0, 0.1) is 34.5 Å². The van der Waals surface area contributed by atoms with Crippen molar-refractivity contribution in [1.82, 2.24) is 0 Å². The smallest absolute Gasteiger partial charge is 0.0721 e. The first kappa shape index (κ1) is 15.9. The Bertz CT molecular complexity index is 455. The number of halogens is 1. The third kappa shape index (κ3) is 1.97. The zero-order valence-electron chi connectivity index (χ0n) is 14.0. The normalized spacial score (nSPS) is 61.2. The van der Waals surface area contributed by atoms with Gasteiger partial charge in [0.25, 0.3) is 0 Å². The standard InChI is InChI=1S/C19H31BrO2/c1-18-7-4-3-5-11(18)9-15(21)16-12(18)6-8-19(2)13(16)10-14(20)17(19)22/h11-17,21-22H,3-10H2,1-2H3/t11?,12-,13+,14?,15?,16-,17?,18+,19+/m1/s1. The van der Waals surface area contributed by atoms with E-state index >= 15 is 0 Å². The van der Waals surface area contributed by atoms with Gasteiger partial charge in [-0.05, 0) is 73.0 Å². The van der Waals surface area contributed by atoms with Crippen LogP contribution in [0.25, 0.3) is 0 Å². The maximum absolute atomic E-state index is 11.0. The zero-order valence-corrected chi connectivity index (χ0v) is 15.6. The lowest BCUT2D eigenvalue weighted by Gasteiger charge is -2.61. The monoisotopic (exact) mass is 370 g/mol. The predicted octanol–water partition coefficient (Wildman–Crippen LogP) is 4.12. The van der Waals surface area contributed by atoms with Gasteiger partial charge in [-0.3, -0.25) is 0 Å². The molecule has 4 unspecified atom stereocenters. The minimum atomic E-state index is -0.248. The number of hydrogen-bond donors (Lipinski definition) is 2. The van der Waals surface area contributed by atoms with Gasteiger partial charge >= 0.3 is 0 Å². The van der Waals surface area contributed by atoms with E-state index in [0.29, 0.717) is 23.2 Å². The summed E-state index contributed by atoms with van der Waals surface area (Å²) in [7, 11) is 0. The van der Waals surface area contributed by atoms with E-state index in [0.717, 1.165) is 25.2 Å². The minimum Gasteiger partial charge on any atom is -0.393 e. The Hall–Kier alpha value is 0.400. The lowest BCUT2D eigenvalue weighted by molar-refractivity contribution is -0.167. The Morgan fingerprint density at radius 2 is 1.68 bits per heavy atom. The minimum absolute atomic E-state index is 0.00811. The number of alkyl halides is 1. The maximum Gasteiger partial charge on any atom is 0.0721 e. The van der Waals surface area contributed by atoms with Gasteiger partial charge in [-0.25, -0.2) is 0 Å². The van der Waals surface area contributed by atoms with Crippen molar-refractivity contribution in [3.05, 3.63) is 0 Å². The van der Waals surface area contributed by atoms with Crippen LogP contribution in [0.3, 0.4) is 0 Å². The van der Waals surface area contributed by atoms with Gasteiger partial charge in [0.2, 0.25) is 0 Å². The molecule has 0 radical (unpaired) electrons. The molecular formula is C19H31BrO2. The number of aliphatic hydroxyl groups excluding tert-OH is 2. The van der Waals surface area contributed by atoms with E-state index in [-0.39, 0.29) is 22.5 Å². The van der Waals surface area contributed by atoms with Gasteiger partial charge in [-0.2, -0.15) is 0 Å². The first-order chi connectivity index (χ1) is 10.4. The predicted molar refractivity (Wildman–Crippen MR) is 91.8 cm³/mol. The van der Waals surface area contributed by atoms with E-state index in [1.165, 1.54) is 32.1 Å². The maximum atomic E-state index is 11.0. The van der Waals surface area contributed by atoms with Gasteiger partial charge in [0.1, 0.15) is 0 Å². The van der Waals surface area contributed by atoms with Crippen LogP contribution < -0.4 is 0 Å². The Morgan fingerprint density at radius 1 is 0.909 bits per heavy atom. The third-order valence-corrected chi connectivity index (χ3v) is 9.41. The molecule has 2 nitrogen and oxygen atoms in total. The molecule has 0 aliphatic heterocycles. The highest BCUT2D eigenvalue weighted by Gasteiger charge is 2.63. The van der Waals surface area contributed by atoms with Crippen molar-refractivity contribution in [3.8, 4) is 0 Å². The van der Waals surface area contributed by atoms with Crippen LogP contribution in [-0.2, 0) is 0 Å². The Balaban J connectivity index is 1.70. The lowest BCUT2D eigenvalue weighted by Crippen LogP contribution is -2.58. The summed E-state index contributed by atoms with van der Waals surface area (Å²) in [6, 6.07) is 0. The highest BCUT2D eigenvalue weighted by Crippen LogP contribution is 2.66. The molecule has 9 atom stereocenters.